The van der Waals surface area contributed by atoms with Gasteiger partial charge in [0.25, 0.3) is 0 Å². The molecule has 1 fully saturated rings. The van der Waals surface area contributed by atoms with Crippen molar-refractivity contribution in [1.82, 2.24) is 24.8 Å². The SMILES string of the molecule is C=CC(=O)N1CCC(c2cc(Nc3cnccn3)nc(C)n2)C1. The number of nitrogens with one attached hydrogen (secondary N) is 1. The number of carbonyl (C=O) groups excluding carboxylic acids is 1. The first-order valence-corrected chi connectivity index (χ1v) is 7.45. The summed E-state index contributed by atoms with van der Waals surface area (Å²) in [5, 5.41) is 3.13. The molecule has 1 atom stereocenters. The average molecular weight is 310 g/mol. The van der Waals surface area contributed by atoms with Gasteiger partial charge in [0.1, 0.15) is 17.5 Å². The van der Waals surface area contributed by atoms with Crippen LogP contribution in [0.4, 0.5) is 11.6 Å². The van der Waals surface area contributed by atoms with Crippen molar-refractivity contribution in [2.24, 2.45) is 0 Å². The highest BCUT2D eigenvalue weighted by atomic mass is 16.2. The summed E-state index contributed by atoms with van der Waals surface area (Å²) in [5.74, 6) is 2.18. The van der Waals surface area contributed by atoms with Crippen LogP contribution in [-0.4, -0.2) is 43.8 Å². The van der Waals surface area contributed by atoms with Gasteiger partial charge in [0.2, 0.25) is 5.91 Å². The van der Waals surface area contributed by atoms with Crippen LogP contribution in [0.5, 0.6) is 0 Å². The summed E-state index contributed by atoms with van der Waals surface area (Å²) in [7, 11) is 0. The van der Waals surface area contributed by atoms with Gasteiger partial charge in [-0.25, -0.2) is 15.0 Å². The van der Waals surface area contributed by atoms with Crippen molar-refractivity contribution in [2.75, 3.05) is 18.4 Å². The molecule has 0 bridgehead atoms. The molecule has 1 N–H and O–H groups in total. The van der Waals surface area contributed by atoms with E-state index in [0.717, 1.165) is 18.7 Å². The van der Waals surface area contributed by atoms with Gasteiger partial charge in [0.15, 0.2) is 0 Å². The Hall–Kier alpha value is -2.83. The summed E-state index contributed by atoms with van der Waals surface area (Å²) in [5.41, 5.74) is 0.934. The molecule has 1 saturated heterocycles. The number of aryl methyl sites for hydroxylation is 1. The van der Waals surface area contributed by atoms with E-state index in [-0.39, 0.29) is 11.8 Å². The van der Waals surface area contributed by atoms with Gasteiger partial charge in [0, 0.05) is 37.5 Å². The number of anilines is 2. The van der Waals surface area contributed by atoms with Crippen LogP contribution in [0.25, 0.3) is 0 Å². The first-order valence-electron chi connectivity index (χ1n) is 7.45. The maximum Gasteiger partial charge on any atom is 0.245 e. The zero-order valence-electron chi connectivity index (χ0n) is 12.9. The number of rotatable bonds is 4. The molecule has 1 unspecified atom stereocenters. The van der Waals surface area contributed by atoms with Crippen molar-refractivity contribution < 1.29 is 4.79 Å². The minimum atomic E-state index is -0.0313. The van der Waals surface area contributed by atoms with Gasteiger partial charge in [-0.05, 0) is 19.4 Å². The van der Waals surface area contributed by atoms with E-state index in [2.05, 4.69) is 31.8 Å². The highest BCUT2D eigenvalue weighted by Gasteiger charge is 2.27. The van der Waals surface area contributed by atoms with Crippen LogP contribution in [0.1, 0.15) is 23.9 Å². The predicted molar refractivity (Wildman–Crippen MR) is 86.2 cm³/mol. The van der Waals surface area contributed by atoms with Crippen molar-refractivity contribution in [3.8, 4) is 0 Å². The summed E-state index contributed by atoms with van der Waals surface area (Å²) < 4.78 is 0. The monoisotopic (exact) mass is 310 g/mol. The molecule has 1 aliphatic heterocycles. The molecule has 0 spiro atoms. The Bertz CT molecular complexity index is 718. The Morgan fingerprint density at radius 3 is 3.00 bits per heavy atom. The third-order valence-electron chi connectivity index (χ3n) is 3.77. The molecule has 118 valence electrons. The fraction of sp³-hybridized carbons (Fsp3) is 0.312. The van der Waals surface area contributed by atoms with Gasteiger partial charge in [-0.3, -0.25) is 9.78 Å². The smallest absolute Gasteiger partial charge is 0.245 e. The summed E-state index contributed by atoms with van der Waals surface area (Å²) in [4.78, 5) is 30.6. The zero-order valence-corrected chi connectivity index (χ0v) is 12.9. The first kappa shape index (κ1) is 15.1. The second-order valence-electron chi connectivity index (χ2n) is 5.41. The Morgan fingerprint density at radius 2 is 2.26 bits per heavy atom. The maximum absolute atomic E-state index is 11.7. The largest absolute Gasteiger partial charge is 0.338 e. The second kappa shape index (κ2) is 6.51. The molecule has 3 heterocycles. The van der Waals surface area contributed by atoms with Crippen LogP contribution in [-0.2, 0) is 4.79 Å². The van der Waals surface area contributed by atoms with E-state index in [4.69, 9.17) is 0 Å². The van der Waals surface area contributed by atoms with Crippen LogP contribution >= 0.6 is 0 Å². The lowest BCUT2D eigenvalue weighted by molar-refractivity contribution is -0.125. The van der Waals surface area contributed by atoms with Crippen molar-refractivity contribution in [2.45, 2.75) is 19.3 Å². The maximum atomic E-state index is 11.7. The molecule has 7 heteroatoms. The molecule has 7 nitrogen and oxygen atoms in total. The number of nitrogens with zero attached hydrogens (tertiary/aromatic N) is 5. The number of likely N-dealkylation sites (tertiary alicyclic amines) is 1. The lowest BCUT2D eigenvalue weighted by Crippen LogP contribution is -2.26. The summed E-state index contributed by atoms with van der Waals surface area (Å²) in [6, 6.07) is 1.91. The quantitative estimate of drug-likeness (QED) is 0.867. The predicted octanol–water partition coefficient (Wildman–Crippen LogP) is 1.82. The van der Waals surface area contributed by atoms with Crippen LogP contribution in [0, 0.1) is 6.92 Å². The number of carbonyl (C=O) groups is 1. The lowest BCUT2D eigenvalue weighted by Gasteiger charge is -2.15. The molecule has 2 aromatic heterocycles. The number of hydrogen-bond acceptors (Lipinski definition) is 6. The topological polar surface area (TPSA) is 83.9 Å². The van der Waals surface area contributed by atoms with E-state index in [1.807, 2.05) is 13.0 Å². The number of hydrogen-bond donors (Lipinski definition) is 1. The van der Waals surface area contributed by atoms with Gasteiger partial charge in [-0.2, -0.15) is 0 Å². The molecule has 2 aromatic rings. The normalized spacial score (nSPS) is 17.1. The van der Waals surface area contributed by atoms with E-state index in [1.54, 1.807) is 23.5 Å². The van der Waals surface area contributed by atoms with Crippen LogP contribution in [0.15, 0.2) is 37.3 Å². The Kier molecular flexibility index (Phi) is 4.27. The molecular weight excluding hydrogens is 292 g/mol. The standard InChI is InChI=1S/C16H18N6O/c1-3-16(23)22-7-4-12(10-22)13-8-14(20-11(2)19-13)21-15-9-17-5-6-18-15/h3,5-6,8-9,12H,1,4,7,10H2,2H3,(H,18,19,20,21). The van der Waals surface area contributed by atoms with Gasteiger partial charge in [-0.15, -0.1) is 0 Å². The second-order valence-corrected chi connectivity index (χ2v) is 5.41. The lowest BCUT2D eigenvalue weighted by atomic mass is 10.0. The molecule has 0 aliphatic carbocycles. The molecule has 3 rings (SSSR count). The van der Waals surface area contributed by atoms with Gasteiger partial charge in [0.05, 0.1) is 11.9 Å². The molecule has 0 aromatic carbocycles. The van der Waals surface area contributed by atoms with Crippen LogP contribution < -0.4 is 5.32 Å². The van der Waals surface area contributed by atoms with E-state index in [1.165, 1.54) is 6.08 Å². The molecule has 23 heavy (non-hydrogen) atoms. The molecule has 1 aliphatic rings. The Balaban J connectivity index is 1.78. The van der Waals surface area contributed by atoms with Gasteiger partial charge in [-0.1, -0.05) is 6.58 Å². The Labute approximate surface area is 134 Å². The molecule has 0 saturated carbocycles. The fourth-order valence-corrected chi connectivity index (χ4v) is 2.69. The summed E-state index contributed by atoms with van der Waals surface area (Å²) in [6.07, 6.45) is 7.12. The summed E-state index contributed by atoms with van der Waals surface area (Å²) in [6.45, 7) is 6.78. The van der Waals surface area contributed by atoms with Crippen molar-refractivity contribution >= 4 is 17.5 Å². The van der Waals surface area contributed by atoms with E-state index < -0.39 is 0 Å². The molecular formula is C16H18N6O. The zero-order chi connectivity index (χ0) is 16.2. The minimum Gasteiger partial charge on any atom is -0.338 e. The van der Waals surface area contributed by atoms with Crippen molar-refractivity contribution in [3.05, 3.63) is 48.8 Å². The summed E-state index contributed by atoms with van der Waals surface area (Å²) >= 11 is 0. The van der Waals surface area contributed by atoms with Crippen LogP contribution in [0.2, 0.25) is 0 Å². The van der Waals surface area contributed by atoms with E-state index in [0.29, 0.717) is 24.0 Å². The number of amides is 1. The van der Waals surface area contributed by atoms with E-state index >= 15 is 0 Å². The number of aromatic nitrogens is 4. The average Bonchev–Trinajstić information content (AvgIpc) is 3.04. The van der Waals surface area contributed by atoms with Gasteiger partial charge >= 0.3 is 0 Å². The molecule has 0 radical (unpaired) electrons. The third-order valence-corrected chi connectivity index (χ3v) is 3.77. The van der Waals surface area contributed by atoms with Gasteiger partial charge < -0.3 is 10.2 Å². The first-order chi connectivity index (χ1) is 11.2. The third kappa shape index (κ3) is 3.50. The highest BCUT2D eigenvalue weighted by molar-refractivity contribution is 5.87. The fourth-order valence-electron chi connectivity index (χ4n) is 2.69. The highest BCUT2D eigenvalue weighted by Crippen LogP contribution is 2.27. The minimum absolute atomic E-state index is 0.0313. The van der Waals surface area contributed by atoms with E-state index in [9.17, 15) is 4.79 Å². The molecule has 1 amide bonds. The van der Waals surface area contributed by atoms with Crippen molar-refractivity contribution in [1.29, 1.82) is 0 Å². The van der Waals surface area contributed by atoms with Crippen molar-refractivity contribution in [3.63, 3.8) is 0 Å². The van der Waals surface area contributed by atoms with Crippen LogP contribution in [0.3, 0.4) is 0 Å². The Morgan fingerprint density at radius 1 is 1.39 bits per heavy atom.